The molecule has 0 heterocycles. The number of rotatable bonds is 12. The lowest BCUT2D eigenvalue weighted by molar-refractivity contribution is 0.106. The Kier molecular flexibility index (Phi) is 8.95. The SMILES string of the molecule is COc1cc(CNCC(O)COc2ccccc2)ccc1OCCC(C)C. The Morgan fingerprint density at radius 1 is 1.00 bits per heavy atom. The van der Waals surface area contributed by atoms with Gasteiger partial charge in [-0.2, -0.15) is 0 Å². The summed E-state index contributed by atoms with van der Waals surface area (Å²) < 4.78 is 16.8. The van der Waals surface area contributed by atoms with E-state index in [2.05, 4.69) is 19.2 Å². The molecule has 0 spiro atoms. The average Bonchev–Trinajstić information content (AvgIpc) is 2.67. The third-order valence-corrected chi connectivity index (χ3v) is 4.08. The van der Waals surface area contributed by atoms with Gasteiger partial charge in [0.05, 0.1) is 13.7 Å². The first-order valence-corrected chi connectivity index (χ1v) is 9.44. The predicted molar refractivity (Wildman–Crippen MR) is 108 cm³/mol. The number of nitrogens with one attached hydrogen (secondary N) is 1. The summed E-state index contributed by atoms with van der Waals surface area (Å²) in [6.45, 7) is 6.36. The van der Waals surface area contributed by atoms with E-state index in [1.54, 1.807) is 7.11 Å². The Hall–Kier alpha value is -2.24. The minimum atomic E-state index is -0.578. The minimum Gasteiger partial charge on any atom is -0.493 e. The zero-order valence-electron chi connectivity index (χ0n) is 16.5. The van der Waals surface area contributed by atoms with Crippen LogP contribution >= 0.6 is 0 Å². The second-order valence-electron chi connectivity index (χ2n) is 6.92. The highest BCUT2D eigenvalue weighted by Gasteiger charge is 2.08. The Labute approximate surface area is 162 Å². The van der Waals surface area contributed by atoms with Gasteiger partial charge < -0.3 is 24.6 Å². The molecule has 5 nitrogen and oxygen atoms in total. The molecule has 1 atom stereocenters. The molecule has 0 saturated carbocycles. The molecule has 0 aliphatic heterocycles. The topological polar surface area (TPSA) is 60.0 Å². The number of methoxy groups -OCH3 is 1. The first-order valence-electron chi connectivity index (χ1n) is 9.44. The summed E-state index contributed by atoms with van der Waals surface area (Å²) in [5.74, 6) is 2.86. The lowest BCUT2D eigenvalue weighted by atomic mass is 10.1. The molecule has 2 aromatic carbocycles. The fraction of sp³-hybridized carbons (Fsp3) is 0.455. The van der Waals surface area contributed by atoms with E-state index >= 15 is 0 Å². The van der Waals surface area contributed by atoms with Crippen LogP contribution in [-0.2, 0) is 6.54 Å². The maximum Gasteiger partial charge on any atom is 0.161 e. The second-order valence-corrected chi connectivity index (χ2v) is 6.92. The highest BCUT2D eigenvalue weighted by Crippen LogP contribution is 2.28. The quantitative estimate of drug-likeness (QED) is 0.595. The van der Waals surface area contributed by atoms with Gasteiger partial charge in [-0.25, -0.2) is 0 Å². The van der Waals surface area contributed by atoms with Gasteiger partial charge in [0.15, 0.2) is 11.5 Å². The van der Waals surface area contributed by atoms with Gasteiger partial charge in [0.1, 0.15) is 18.5 Å². The normalized spacial score (nSPS) is 12.0. The highest BCUT2D eigenvalue weighted by molar-refractivity contribution is 5.42. The van der Waals surface area contributed by atoms with Gasteiger partial charge in [0.2, 0.25) is 0 Å². The van der Waals surface area contributed by atoms with Crippen molar-refractivity contribution in [3.05, 3.63) is 54.1 Å². The molecule has 0 aliphatic carbocycles. The highest BCUT2D eigenvalue weighted by atomic mass is 16.5. The number of para-hydroxylation sites is 1. The zero-order valence-corrected chi connectivity index (χ0v) is 16.5. The summed E-state index contributed by atoms with van der Waals surface area (Å²) in [5.41, 5.74) is 1.07. The average molecular weight is 373 g/mol. The number of aliphatic hydroxyl groups is 1. The number of aliphatic hydroxyl groups excluding tert-OH is 1. The molecular weight excluding hydrogens is 342 g/mol. The molecule has 0 radical (unpaired) electrons. The molecule has 0 amide bonds. The summed E-state index contributed by atoms with van der Waals surface area (Å²) >= 11 is 0. The predicted octanol–water partition coefficient (Wildman–Crippen LogP) is 3.65. The minimum absolute atomic E-state index is 0.253. The van der Waals surface area contributed by atoms with E-state index in [9.17, 15) is 5.11 Å². The molecule has 2 N–H and O–H groups in total. The fourth-order valence-corrected chi connectivity index (χ4v) is 2.50. The maximum atomic E-state index is 10.0. The first kappa shape index (κ1) is 21.1. The number of benzene rings is 2. The molecule has 1 unspecified atom stereocenters. The number of ether oxygens (including phenoxy) is 3. The molecule has 0 aromatic heterocycles. The molecule has 0 fully saturated rings. The van der Waals surface area contributed by atoms with Crippen molar-refractivity contribution >= 4 is 0 Å². The molecule has 0 aliphatic rings. The van der Waals surface area contributed by atoms with E-state index in [-0.39, 0.29) is 6.61 Å². The van der Waals surface area contributed by atoms with Crippen molar-refractivity contribution in [3.8, 4) is 17.2 Å². The first-order chi connectivity index (χ1) is 13.1. The fourth-order valence-electron chi connectivity index (χ4n) is 2.50. The van der Waals surface area contributed by atoms with E-state index in [1.807, 2.05) is 48.5 Å². The summed E-state index contributed by atoms with van der Waals surface area (Å²) in [6.07, 6.45) is 0.431. The molecular formula is C22H31NO4. The van der Waals surface area contributed by atoms with Crippen molar-refractivity contribution in [1.29, 1.82) is 0 Å². The summed E-state index contributed by atoms with van der Waals surface area (Å²) in [5, 5.41) is 13.3. The van der Waals surface area contributed by atoms with E-state index in [0.29, 0.717) is 25.6 Å². The van der Waals surface area contributed by atoms with Crippen LogP contribution in [0.1, 0.15) is 25.8 Å². The maximum absolute atomic E-state index is 10.0. The van der Waals surface area contributed by atoms with E-state index < -0.39 is 6.10 Å². The molecule has 27 heavy (non-hydrogen) atoms. The lowest BCUT2D eigenvalue weighted by Gasteiger charge is -2.15. The van der Waals surface area contributed by atoms with Crippen molar-refractivity contribution in [2.24, 2.45) is 5.92 Å². The van der Waals surface area contributed by atoms with Crippen molar-refractivity contribution < 1.29 is 19.3 Å². The number of hydrogen-bond acceptors (Lipinski definition) is 5. The molecule has 2 aromatic rings. The van der Waals surface area contributed by atoms with E-state index in [1.165, 1.54) is 0 Å². The third-order valence-electron chi connectivity index (χ3n) is 4.08. The largest absolute Gasteiger partial charge is 0.493 e. The zero-order chi connectivity index (χ0) is 19.5. The van der Waals surface area contributed by atoms with Gasteiger partial charge in [0, 0.05) is 13.1 Å². The summed E-state index contributed by atoms with van der Waals surface area (Å²) in [4.78, 5) is 0. The second kappa shape index (κ2) is 11.5. The van der Waals surface area contributed by atoms with Gasteiger partial charge >= 0.3 is 0 Å². The molecule has 148 valence electrons. The van der Waals surface area contributed by atoms with Crippen LogP contribution in [0.3, 0.4) is 0 Å². The Morgan fingerprint density at radius 3 is 2.48 bits per heavy atom. The van der Waals surface area contributed by atoms with Crippen LogP contribution in [0.15, 0.2) is 48.5 Å². The third kappa shape index (κ3) is 7.89. The number of hydrogen-bond donors (Lipinski definition) is 2. The smallest absolute Gasteiger partial charge is 0.161 e. The van der Waals surface area contributed by atoms with E-state index in [4.69, 9.17) is 14.2 Å². The molecule has 5 heteroatoms. The van der Waals surface area contributed by atoms with Gasteiger partial charge in [-0.15, -0.1) is 0 Å². The van der Waals surface area contributed by atoms with Crippen molar-refractivity contribution in [2.45, 2.75) is 32.9 Å². The van der Waals surface area contributed by atoms with Crippen molar-refractivity contribution in [3.63, 3.8) is 0 Å². The van der Waals surface area contributed by atoms with Crippen molar-refractivity contribution in [2.75, 3.05) is 26.9 Å². The lowest BCUT2D eigenvalue weighted by Crippen LogP contribution is -2.31. The molecule has 2 rings (SSSR count). The van der Waals surface area contributed by atoms with Crippen molar-refractivity contribution in [1.82, 2.24) is 5.32 Å². The van der Waals surface area contributed by atoms with E-state index in [0.717, 1.165) is 29.2 Å². The van der Waals surface area contributed by atoms with Gasteiger partial charge in [-0.05, 0) is 42.2 Å². The Balaban J connectivity index is 1.74. The standard InChI is InChI=1S/C22H31NO4/c1-17(2)11-12-26-21-10-9-18(13-22(21)25-3)14-23-15-19(24)16-27-20-7-5-4-6-8-20/h4-10,13,17,19,23-24H,11-12,14-16H2,1-3H3. The monoisotopic (exact) mass is 373 g/mol. The van der Waals surface area contributed by atoms with Crippen LogP contribution in [0.5, 0.6) is 17.2 Å². The van der Waals surface area contributed by atoms with Crippen LogP contribution in [-0.4, -0.2) is 38.1 Å². The summed E-state index contributed by atoms with van der Waals surface area (Å²) in [7, 11) is 1.65. The van der Waals surface area contributed by atoms with Crippen LogP contribution in [0, 0.1) is 5.92 Å². The van der Waals surface area contributed by atoms with Crippen LogP contribution in [0.2, 0.25) is 0 Å². The molecule has 0 bridgehead atoms. The van der Waals surface area contributed by atoms with Gasteiger partial charge in [-0.3, -0.25) is 0 Å². The summed E-state index contributed by atoms with van der Waals surface area (Å²) in [6, 6.07) is 15.4. The van der Waals surface area contributed by atoms with Crippen LogP contribution in [0.4, 0.5) is 0 Å². The Bertz CT molecular complexity index is 661. The van der Waals surface area contributed by atoms with Gasteiger partial charge in [0.25, 0.3) is 0 Å². The van der Waals surface area contributed by atoms with Crippen LogP contribution < -0.4 is 19.5 Å². The molecule has 0 saturated heterocycles. The van der Waals surface area contributed by atoms with Gasteiger partial charge in [-0.1, -0.05) is 38.1 Å². The Morgan fingerprint density at radius 2 is 1.78 bits per heavy atom. The van der Waals surface area contributed by atoms with Crippen LogP contribution in [0.25, 0.3) is 0 Å².